The summed E-state index contributed by atoms with van der Waals surface area (Å²) < 4.78 is 5.14. The highest BCUT2D eigenvalue weighted by Crippen LogP contribution is 2.13. The summed E-state index contributed by atoms with van der Waals surface area (Å²) in [5, 5.41) is 0. The molecule has 0 atom stereocenters. The maximum atomic E-state index is 12.6. The topological polar surface area (TPSA) is 103 Å². The Morgan fingerprint density at radius 2 is 1.31 bits per heavy atom. The van der Waals surface area contributed by atoms with Crippen molar-refractivity contribution in [1.29, 1.82) is 0 Å². The lowest BCUT2D eigenvalue weighted by molar-refractivity contribution is -0.152. The van der Waals surface area contributed by atoms with Crippen LogP contribution < -0.4 is 4.90 Å². The van der Waals surface area contributed by atoms with E-state index in [-0.39, 0.29) is 11.7 Å². The standard InChI is InChI=1S/C19H22N6O4/c26-16(15-3-1-14-29-15)22-6-8-23(9-7-22)17(27)18(28)24-10-12-25(13-11-24)19-20-4-2-5-21-19/h1-5,14H,6-13H2. The molecule has 10 nitrogen and oxygen atoms in total. The number of aromatic nitrogens is 2. The SMILES string of the molecule is O=C(C(=O)N1CCN(c2ncccn2)CC1)N1CCN(C(=O)c2ccco2)CC1. The second-order valence-electron chi connectivity index (χ2n) is 6.89. The molecule has 2 aromatic rings. The van der Waals surface area contributed by atoms with Crippen LogP contribution in [-0.4, -0.2) is 94.7 Å². The van der Waals surface area contributed by atoms with Gasteiger partial charge in [0.25, 0.3) is 5.91 Å². The fraction of sp³-hybridized carbons (Fsp3) is 0.421. The molecule has 2 fully saturated rings. The van der Waals surface area contributed by atoms with Crippen molar-refractivity contribution < 1.29 is 18.8 Å². The molecular weight excluding hydrogens is 376 g/mol. The fourth-order valence-corrected chi connectivity index (χ4v) is 3.50. The molecule has 4 rings (SSSR count). The van der Waals surface area contributed by atoms with Gasteiger partial charge in [-0.3, -0.25) is 14.4 Å². The zero-order valence-corrected chi connectivity index (χ0v) is 15.9. The predicted octanol–water partition coefficient (Wildman–Crippen LogP) is -0.297. The molecule has 0 N–H and O–H groups in total. The van der Waals surface area contributed by atoms with Gasteiger partial charge in [-0.05, 0) is 18.2 Å². The van der Waals surface area contributed by atoms with E-state index in [1.807, 2.05) is 4.90 Å². The number of hydrogen-bond donors (Lipinski definition) is 0. The van der Waals surface area contributed by atoms with E-state index in [1.165, 1.54) is 11.2 Å². The minimum Gasteiger partial charge on any atom is -0.459 e. The smallest absolute Gasteiger partial charge is 0.312 e. The molecule has 3 amide bonds. The fourth-order valence-electron chi connectivity index (χ4n) is 3.50. The Kier molecular flexibility index (Phi) is 5.41. The summed E-state index contributed by atoms with van der Waals surface area (Å²) >= 11 is 0. The molecule has 152 valence electrons. The maximum absolute atomic E-state index is 12.6. The first kappa shape index (κ1) is 18.9. The van der Waals surface area contributed by atoms with Crippen molar-refractivity contribution in [2.75, 3.05) is 57.3 Å². The Morgan fingerprint density at radius 3 is 1.86 bits per heavy atom. The molecular formula is C19H22N6O4. The Hall–Kier alpha value is -3.43. The van der Waals surface area contributed by atoms with Crippen LogP contribution in [0.4, 0.5) is 5.95 Å². The van der Waals surface area contributed by atoms with Crippen LogP contribution in [0.2, 0.25) is 0 Å². The highest BCUT2D eigenvalue weighted by atomic mass is 16.3. The van der Waals surface area contributed by atoms with Crippen molar-refractivity contribution in [3.63, 3.8) is 0 Å². The van der Waals surface area contributed by atoms with Gasteiger partial charge in [0, 0.05) is 64.8 Å². The summed E-state index contributed by atoms with van der Waals surface area (Å²) in [5.74, 6) is -0.305. The normalized spacial score (nSPS) is 17.4. The lowest BCUT2D eigenvalue weighted by Gasteiger charge is -2.37. The van der Waals surface area contributed by atoms with Crippen molar-refractivity contribution in [1.82, 2.24) is 24.7 Å². The van der Waals surface area contributed by atoms with E-state index in [1.54, 1.807) is 40.4 Å². The van der Waals surface area contributed by atoms with E-state index in [9.17, 15) is 14.4 Å². The third-order valence-corrected chi connectivity index (χ3v) is 5.17. The van der Waals surface area contributed by atoms with Gasteiger partial charge in [0.15, 0.2) is 5.76 Å². The number of rotatable bonds is 2. The average molecular weight is 398 g/mol. The van der Waals surface area contributed by atoms with E-state index in [0.29, 0.717) is 58.3 Å². The van der Waals surface area contributed by atoms with Gasteiger partial charge in [-0.15, -0.1) is 0 Å². The molecule has 2 aromatic heterocycles. The molecule has 2 aliphatic rings. The van der Waals surface area contributed by atoms with E-state index in [4.69, 9.17) is 4.42 Å². The first-order valence-electron chi connectivity index (χ1n) is 9.56. The van der Waals surface area contributed by atoms with E-state index in [2.05, 4.69) is 9.97 Å². The van der Waals surface area contributed by atoms with Crippen LogP contribution in [0.25, 0.3) is 0 Å². The monoisotopic (exact) mass is 398 g/mol. The van der Waals surface area contributed by atoms with E-state index >= 15 is 0 Å². The zero-order chi connectivity index (χ0) is 20.2. The van der Waals surface area contributed by atoms with Crippen LogP contribution in [-0.2, 0) is 9.59 Å². The minimum atomic E-state index is -0.514. The molecule has 4 heterocycles. The van der Waals surface area contributed by atoms with Gasteiger partial charge in [-0.1, -0.05) is 0 Å². The van der Waals surface area contributed by atoms with Gasteiger partial charge in [-0.2, -0.15) is 0 Å². The summed E-state index contributed by atoms with van der Waals surface area (Å²) in [6, 6.07) is 5.03. The van der Waals surface area contributed by atoms with E-state index < -0.39 is 11.8 Å². The van der Waals surface area contributed by atoms with Crippen LogP contribution in [0.3, 0.4) is 0 Å². The van der Waals surface area contributed by atoms with Gasteiger partial charge < -0.3 is 24.0 Å². The first-order valence-corrected chi connectivity index (χ1v) is 9.56. The third-order valence-electron chi connectivity index (χ3n) is 5.17. The van der Waals surface area contributed by atoms with Crippen molar-refractivity contribution in [3.05, 3.63) is 42.6 Å². The van der Waals surface area contributed by atoms with Gasteiger partial charge >= 0.3 is 11.8 Å². The van der Waals surface area contributed by atoms with Crippen molar-refractivity contribution in [2.45, 2.75) is 0 Å². The molecule has 0 unspecified atom stereocenters. The number of carbonyl (C=O) groups is 3. The number of amides is 3. The molecule has 29 heavy (non-hydrogen) atoms. The lowest BCUT2D eigenvalue weighted by Crippen LogP contribution is -2.57. The molecule has 0 bridgehead atoms. The van der Waals surface area contributed by atoms with E-state index in [0.717, 1.165) is 0 Å². The molecule has 10 heteroatoms. The zero-order valence-electron chi connectivity index (χ0n) is 15.9. The second-order valence-corrected chi connectivity index (χ2v) is 6.89. The Balaban J connectivity index is 1.27. The van der Waals surface area contributed by atoms with Gasteiger partial charge in [0.1, 0.15) is 0 Å². The molecule has 0 aromatic carbocycles. The summed E-state index contributed by atoms with van der Waals surface area (Å²) in [6.45, 7) is 3.45. The Morgan fingerprint density at radius 1 is 0.759 bits per heavy atom. The van der Waals surface area contributed by atoms with Crippen LogP contribution >= 0.6 is 0 Å². The molecule has 0 spiro atoms. The van der Waals surface area contributed by atoms with Gasteiger partial charge in [0.2, 0.25) is 5.95 Å². The summed E-state index contributed by atoms with van der Waals surface area (Å²) in [5.41, 5.74) is 0. The molecule has 0 radical (unpaired) electrons. The Bertz CT molecular complexity index is 856. The quantitative estimate of drug-likeness (QED) is 0.640. The van der Waals surface area contributed by atoms with Crippen LogP contribution in [0, 0.1) is 0 Å². The number of piperazine rings is 2. The molecule has 2 aliphatic heterocycles. The average Bonchev–Trinajstić information content (AvgIpc) is 3.33. The van der Waals surface area contributed by atoms with Crippen LogP contribution in [0.1, 0.15) is 10.6 Å². The highest BCUT2D eigenvalue weighted by molar-refractivity contribution is 6.35. The summed E-state index contributed by atoms with van der Waals surface area (Å²) in [4.78, 5) is 52.7. The highest BCUT2D eigenvalue weighted by Gasteiger charge is 2.33. The first-order chi connectivity index (χ1) is 14.1. The summed E-state index contributed by atoms with van der Waals surface area (Å²) in [6.07, 6.45) is 4.81. The number of nitrogens with zero attached hydrogens (tertiary/aromatic N) is 6. The number of furan rings is 1. The molecule has 0 saturated carbocycles. The largest absolute Gasteiger partial charge is 0.459 e. The number of hydrogen-bond acceptors (Lipinski definition) is 7. The van der Waals surface area contributed by atoms with Crippen molar-refractivity contribution in [3.8, 4) is 0 Å². The third kappa shape index (κ3) is 4.05. The van der Waals surface area contributed by atoms with Crippen molar-refractivity contribution in [2.24, 2.45) is 0 Å². The molecule has 2 saturated heterocycles. The number of anilines is 1. The Labute approximate surface area is 167 Å². The summed E-state index contributed by atoms with van der Waals surface area (Å²) in [7, 11) is 0. The van der Waals surface area contributed by atoms with Gasteiger partial charge in [-0.25, -0.2) is 9.97 Å². The van der Waals surface area contributed by atoms with Gasteiger partial charge in [0.05, 0.1) is 6.26 Å². The predicted molar refractivity (Wildman–Crippen MR) is 102 cm³/mol. The van der Waals surface area contributed by atoms with Crippen LogP contribution in [0.5, 0.6) is 0 Å². The minimum absolute atomic E-state index is 0.201. The number of carbonyl (C=O) groups excluding carboxylic acids is 3. The van der Waals surface area contributed by atoms with Crippen molar-refractivity contribution >= 4 is 23.7 Å². The maximum Gasteiger partial charge on any atom is 0.312 e. The second kappa shape index (κ2) is 8.29. The van der Waals surface area contributed by atoms with Crippen LogP contribution in [0.15, 0.2) is 41.3 Å². The lowest BCUT2D eigenvalue weighted by atomic mass is 10.2. The molecule has 0 aliphatic carbocycles.